The van der Waals surface area contributed by atoms with Crippen molar-refractivity contribution in [1.82, 2.24) is 9.80 Å². The van der Waals surface area contributed by atoms with E-state index in [4.69, 9.17) is 4.74 Å². The highest BCUT2D eigenvalue weighted by atomic mass is 16.5. The van der Waals surface area contributed by atoms with E-state index in [9.17, 15) is 14.4 Å². The minimum atomic E-state index is -0.716. The first-order valence-electron chi connectivity index (χ1n) is 8.89. The van der Waals surface area contributed by atoms with Crippen LogP contribution in [0.2, 0.25) is 0 Å². The van der Waals surface area contributed by atoms with Crippen LogP contribution in [0.25, 0.3) is 0 Å². The maximum Gasteiger partial charge on any atom is 0.328 e. The fourth-order valence-electron chi connectivity index (χ4n) is 3.91. The second kappa shape index (κ2) is 7.32. The van der Waals surface area contributed by atoms with Gasteiger partial charge in [-0.25, -0.2) is 4.79 Å². The Labute approximate surface area is 153 Å². The molecule has 3 rings (SSSR count). The number of hydrogen-bond acceptors (Lipinski definition) is 4. The Hall–Kier alpha value is -2.63. The van der Waals surface area contributed by atoms with E-state index in [2.05, 4.69) is 6.58 Å². The first-order valence-corrected chi connectivity index (χ1v) is 8.89. The third kappa shape index (κ3) is 3.00. The van der Waals surface area contributed by atoms with Gasteiger partial charge in [0.15, 0.2) is 0 Å². The van der Waals surface area contributed by atoms with Gasteiger partial charge >= 0.3 is 5.97 Å². The summed E-state index contributed by atoms with van der Waals surface area (Å²) in [7, 11) is 1.34. The van der Waals surface area contributed by atoms with E-state index >= 15 is 0 Å². The van der Waals surface area contributed by atoms with E-state index in [1.165, 1.54) is 13.2 Å². The molecule has 2 fully saturated rings. The predicted octanol–water partition coefficient (Wildman–Crippen LogP) is 1.51. The van der Waals surface area contributed by atoms with E-state index in [1.54, 1.807) is 9.80 Å². The van der Waals surface area contributed by atoms with E-state index in [-0.39, 0.29) is 17.8 Å². The van der Waals surface area contributed by atoms with Crippen LogP contribution in [0.4, 0.5) is 0 Å². The monoisotopic (exact) mass is 356 g/mol. The van der Waals surface area contributed by atoms with Gasteiger partial charge in [-0.2, -0.15) is 0 Å². The van der Waals surface area contributed by atoms with Crippen LogP contribution in [0.15, 0.2) is 43.0 Å². The number of nitrogens with zero attached hydrogens (tertiary/aromatic N) is 2. The van der Waals surface area contributed by atoms with E-state index in [1.807, 2.05) is 30.3 Å². The van der Waals surface area contributed by atoms with Crippen molar-refractivity contribution in [3.8, 4) is 0 Å². The Morgan fingerprint density at radius 3 is 2.31 bits per heavy atom. The molecule has 1 aromatic carbocycles. The third-order valence-corrected chi connectivity index (χ3v) is 5.59. The molecule has 6 nitrogen and oxygen atoms in total. The summed E-state index contributed by atoms with van der Waals surface area (Å²) in [5, 5.41) is 0. The molecule has 2 heterocycles. The highest BCUT2D eigenvalue weighted by Gasteiger charge is 2.50. The van der Waals surface area contributed by atoms with Gasteiger partial charge in [-0.1, -0.05) is 36.9 Å². The van der Waals surface area contributed by atoms with Crippen molar-refractivity contribution in [2.24, 2.45) is 0 Å². The second-order valence-corrected chi connectivity index (χ2v) is 6.80. The number of hydrogen-bond donors (Lipinski definition) is 0. The molecule has 2 aliphatic rings. The van der Waals surface area contributed by atoms with Gasteiger partial charge in [-0.15, -0.1) is 0 Å². The molecule has 26 heavy (non-hydrogen) atoms. The molecule has 0 radical (unpaired) electrons. The first kappa shape index (κ1) is 18.2. The zero-order chi connectivity index (χ0) is 18.7. The topological polar surface area (TPSA) is 66.9 Å². The first-order chi connectivity index (χ1) is 12.5. The van der Waals surface area contributed by atoms with Crippen LogP contribution in [-0.2, 0) is 24.5 Å². The Balaban J connectivity index is 1.88. The zero-order valence-corrected chi connectivity index (χ0v) is 15.0. The van der Waals surface area contributed by atoms with Crippen LogP contribution in [0.5, 0.6) is 0 Å². The van der Waals surface area contributed by atoms with Gasteiger partial charge in [-0.05, 0) is 30.9 Å². The van der Waals surface area contributed by atoms with E-state index in [0.717, 1.165) is 5.56 Å². The summed E-state index contributed by atoms with van der Waals surface area (Å²) in [4.78, 5) is 40.7. The molecule has 2 saturated heterocycles. The Bertz CT molecular complexity index is 708. The maximum absolute atomic E-state index is 13.5. The minimum absolute atomic E-state index is 0.0453. The molecule has 6 heteroatoms. The van der Waals surface area contributed by atoms with Crippen molar-refractivity contribution in [3.63, 3.8) is 0 Å². The summed E-state index contributed by atoms with van der Waals surface area (Å²) in [5.74, 6) is -0.529. The number of esters is 1. The number of likely N-dealkylation sites (tertiary alicyclic amines) is 2. The molecule has 0 saturated carbocycles. The quantitative estimate of drug-likeness (QED) is 0.606. The number of carbonyl (C=O) groups excluding carboxylic acids is 3. The van der Waals surface area contributed by atoms with Gasteiger partial charge in [0.1, 0.15) is 6.04 Å². The molecule has 0 N–H and O–H groups in total. The van der Waals surface area contributed by atoms with Crippen molar-refractivity contribution < 1.29 is 19.1 Å². The predicted molar refractivity (Wildman–Crippen MR) is 96.3 cm³/mol. The molecular formula is C20H24N2O4. The molecular weight excluding hydrogens is 332 g/mol. The smallest absolute Gasteiger partial charge is 0.328 e. The van der Waals surface area contributed by atoms with Crippen LogP contribution in [-0.4, -0.2) is 60.4 Å². The fourth-order valence-corrected chi connectivity index (χ4v) is 3.91. The molecule has 1 aromatic rings. The average molecular weight is 356 g/mol. The number of methoxy groups -OCH3 is 1. The average Bonchev–Trinajstić information content (AvgIpc) is 2.67. The van der Waals surface area contributed by atoms with Crippen LogP contribution in [0.3, 0.4) is 0 Å². The standard InChI is InChI=1S/C20H24N2O4/c1-3-17(23)21-13-10-20(11-14-21,15-7-5-4-6-8-15)19(25)22-12-9-16(22)18(24)26-2/h3-8,16H,1,9-14H2,2H3. The lowest BCUT2D eigenvalue weighted by molar-refractivity contribution is -0.163. The van der Waals surface area contributed by atoms with Crippen molar-refractivity contribution in [3.05, 3.63) is 48.6 Å². The number of rotatable bonds is 4. The summed E-state index contributed by atoms with van der Waals surface area (Å²) in [6.07, 6.45) is 2.99. The number of ether oxygens (including phenoxy) is 1. The van der Waals surface area contributed by atoms with Gasteiger partial charge in [-0.3, -0.25) is 9.59 Å². The van der Waals surface area contributed by atoms with Gasteiger partial charge in [0.2, 0.25) is 11.8 Å². The lowest BCUT2D eigenvalue weighted by Crippen LogP contribution is -2.62. The molecule has 0 spiro atoms. The largest absolute Gasteiger partial charge is 0.467 e. The zero-order valence-electron chi connectivity index (χ0n) is 15.0. The normalized spacial score (nSPS) is 21.5. The fraction of sp³-hybridized carbons (Fsp3) is 0.450. The van der Waals surface area contributed by atoms with Gasteiger partial charge in [0.05, 0.1) is 12.5 Å². The van der Waals surface area contributed by atoms with Crippen molar-refractivity contribution >= 4 is 17.8 Å². The SMILES string of the molecule is C=CC(=O)N1CCC(C(=O)N2CCC2C(=O)OC)(c2ccccc2)CC1. The van der Waals surface area contributed by atoms with Crippen molar-refractivity contribution in [1.29, 1.82) is 0 Å². The van der Waals surface area contributed by atoms with E-state index < -0.39 is 11.5 Å². The Kier molecular flexibility index (Phi) is 5.11. The van der Waals surface area contributed by atoms with Gasteiger partial charge in [0.25, 0.3) is 0 Å². The molecule has 138 valence electrons. The summed E-state index contributed by atoms with van der Waals surface area (Å²) in [5.41, 5.74) is 0.220. The van der Waals surface area contributed by atoms with Gasteiger partial charge in [0, 0.05) is 19.6 Å². The number of carbonyl (C=O) groups is 3. The number of benzene rings is 1. The Morgan fingerprint density at radius 1 is 1.15 bits per heavy atom. The van der Waals surface area contributed by atoms with E-state index in [0.29, 0.717) is 38.9 Å². The lowest BCUT2D eigenvalue weighted by Gasteiger charge is -2.48. The van der Waals surface area contributed by atoms with Crippen molar-refractivity contribution in [2.45, 2.75) is 30.7 Å². The summed E-state index contributed by atoms with van der Waals surface area (Å²) in [6.45, 7) is 5.07. The van der Waals surface area contributed by atoms with Crippen LogP contribution >= 0.6 is 0 Å². The molecule has 0 bridgehead atoms. The maximum atomic E-state index is 13.5. The number of piperidine rings is 1. The summed E-state index contributed by atoms with van der Waals surface area (Å²) < 4.78 is 4.83. The molecule has 1 atom stereocenters. The van der Waals surface area contributed by atoms with Crippen LogP contribution < -0.4 is 0 Å². The third-order valence-electron chi connectivity index (χ3n) is 5.59. The summed E-state index contributed by atoms with van der Waals surface area (Å²) >= 11 is 0. The van der Waals surface area contributed by atoms with Crippen LogP contribution in [0, 0.1) is 0 Å². The Morgan fingerprint density at radius 2 is 1.81 bits per heavy atom. The molecule has 2 amide bonds. The highest BCUT2D eigenvalue weighted by molar-refractivity contribution is 5.94. The van der Waals surface area contributed by atoms with Crippen molar-refractivity contribution in [2.75, 3.05) is 26.7 Å². The summed E-state index contributed by atoms with van der Waals surface area (Å²) in [6, 6.07) is 9.16. The molecule has 0 aromatic heterocycles. The van der Waals surface area contributed by atoms with Crippen LogP contribution in [0.1, 0.15) is 24.8 Å². The highest BCUT2D eigenvalue weighted by Crippen LogP contribution is 2.39. The minimum Gasteiger partial charge on any atom is -0.467 e. The lowest BCUT2D eigenvalue weighted by atomic mass is 9.70. The molecule has 0 aliphatic carbocycles. The molecule has 1 unspecified atom stereocenters. The number of amides is 2. The second-order valence-electron chi connectivity index (χ2n) is 6.80. The molecule has 2 aliphatic heterocycles. The van der Waals surface area contributed by atoms with Gasteiger partial charge < -0.3 is 14.5 Å².